The van der Waals surface area contributed by atoms with E-state index in [0.717, 1.165) is 20.5 Å². The van der Waals surface area contributed by atoms with Crippen LogP contribution in [0.1, 0.15) is 41.7 Å². The number of benzene rings is 1. The number of nitrogens with zero attached hydrogens (tertiary/aromatic N) is 3. The molecule has 32 heavy (non-hydrogen) atoms. The summed E-state index contributed by atoms with van der Waals surface area (Å²) >= 11 is 2.94. The van der Waals surface area contributed by atoms with E-state index in [1.807, 2.05) is 51.1 Å². The van der Waals surface area contributed by atoms with Gasteiger partial charge in [-0.3, -0.25) is 10.1 Å². The van der Waals surface area contributed by atoms with E-state index in [2.05, 4.69) is 15.3 Å². The lowest BCUT2D eigenvalue weighted by atomic mass is 10.2. The molecule has 7 nitrogen and oxygen atoms in total. The van der Waals surface area contributed by atoms with Crippen molar-refractivity contribution in [2.24, 2.45) is 0 Å². The highest BCUT2D eigenvalue weighted by Gasteiger charge is 2.28. The molecule has 1 aromatic carbocycles. The van der Waals surface area contributed by atoms with E-state index in [-0.39, 0.29) is 12.0 Å². The van der Waals surface area contributed by atoms with Crippen LogP contribution in [0.15, 0.2) is 58.6 Å². The first-order valence-electron chi connectivity index (χ1n) is 10.2. The Morgan fingerprint density at radius 3 is 2.62 bits per heavy atom. The summed E-state index contributed by atoms with van der Waals surface area (Å²) in [5, 5.41) is 4.32. The molecule has 2 aromatic heterocycles. The SMILES string of the molecule is CC(C)(C)OC(=O)N1CCc2nc(NC(=O)c3ccc(Sc4ccccn4)cc3)sc2C1. The monoisotopic (exact) mass is 468 g/mol. The molecule has 2 amide bonds. The van der Waals surface area contributed by atoms with Crippen molar-refractivity contribution in [1.29, 1.82) is 0 Å². The molecular weight excluding hydrogens is 444 g/mol. The third-order valence-electron chi connectivity index (χ3n) is 4.58. The maximum absolute atomic E-state index is 12.7. The maximum atomic E-state index is 12.7. The zero-order chi connectivity index (χ0) is 22.7. The van der Waals surface area contributed by atoms with Crippen molar-refractivity contribution in [1.82, 2.24) is 14.9 Å². The van der Waals surface area contributed by atoms with Gasteiger partial charge in [0.2, 0.25) is 0 Å². The molecule has 0 fully saturated rings. The van der Waals surface area contributed by atoms with Crippen molar-refractivity contribution >= 4 is 40.2 Å². The van der Waals surface area contributed by atoms with Crippen molar-refractivity contribution in [2.75, 3.05) is 11.9 Å². The standard InChI is InChI=1S/C23H24N4O3S2/c1-23(2,3)30-22(29)27-13-11-17-18(14-27)32-21(25-17)26-20(28)15-7-9-16(10-8-15)31-19-6-4-5-12-24-19/h4-10,12H,11,13-14H2,1-3H3,(H,25,26,28). The first-order valence-corrected chi connectivity index (χ1v) is 11.9. The van der Waals surface area contributed by atoms with Crippen LogP contribution in [-0.2, 0) is 17.7 Å². The lowest BCUT2D eigenvalue weighted by Crippen LogP contribution is -2.39. The number of hydrogen-bond acceptors (Lipinski definition) is 7. The van der Waals surface area contributed by atoms with Gasteiger partial charge in [-0.1, -0.05) is 29.2 Å². The van der Waals surface area contributed by atoms with E-state index in [9.17, 15) is 9.59 Å². The quantitative estimate of drug-likeness (QED) is 0.564. The Bertz CT molecular complexity index is 1110. The molecule has 3 heterocycles. The predicted molar refractivity (Wildman–Crippen MR) is 125 cm³/mol. The van der Waals surface area contributed by atoms with E-state index in [1.54, 1.807) is 35.0 Å². The number of ether oxygens (including phenoxy) is 1. The third-order valence-corrected chi connectivity index (χ3v) is 6.54. The Morgan fingerprint density at radius 2 is 1.94 bits per heavy atom. The molecule has 166 valence electrons. The van der Waals surface area contributed by atoms with Crippen LogP contribution in [0, 0.1) is 0 Å². The second-order valence-corrected chi connectivity index (χ2v) is 10.5. The third kappa shape index (κ3) is 5.66. The summed E-state index contributed by atoms with van der Waals surface area (Å²) in [4.78, 5) is 37.5. The fourth-order valence-corrected chi connectivity index (χ4v) is 4.90. The second kappa shape index (κ2) is 9.30. The number of fused-ring (bicyclic) bond motifs is 1. The fourth-order valence-electron chi connectivity index (χ4n) is 3.10. The molecule has 1 aliphatic heterocycles. The van der Waals surface area contributed by atoms with Gasteiger partial charge in [0.05, 0.1) is 12.2 Å². The largest absolute Gasteiger partial charge is 0.444 e. The van der Waals surface area contributed by atoms with E-state index in [1.165, 1.54) is 11.3 Å². The summed E-state index contributed by atoms with van der Waals surface area (Å²) in [6.07, 6.45) is 2.07. The van der Waals surface area contributed by atoms with Crippen LogP contribution in [0.3, 0.4) is 0 Å². The average Bonchev–Trinajstić information content (AvgIpc) is 3.15. The van der Waals surface area contributed by atoms with Gasteiger partial charge in [-0.2, -0.15) is 0 Å². The maximum Gasteiger partial charge on any atom is 0.410 e. The number of carbonyl (C=O) groups is 2. The summed E-state index contributed by atoms with van der Waals surface area (Å²) in [7, 11) is 0. The smallest absolute Gasteiger partial charge is 0.410 e. The molecule has 0 spiro atoms. The number of hydrogen-bond donors (Lipinski definition) is 1. The number of anilines is 1. The minimum Gasteiger partial charge on any atom is -0.444 e. The number of rotatable bonds is 4. The van der Waals surface area contributed by atoms with Gasteiger partial charge in [0.15, 0.2) is 5.13 Å². The summed E-state index contributed by atoms with van der Waals surface area (Å²) in [6.45, 7) is 6.55. The molecule has 1 N–H and O–H groups in total. The van der Waals surface area contributed by atoms with Crippen molar-refractivity contribution in [3.05, 3.63) is 64.8 Å². The van der Waals surface area contributed by atoms with E-state index < -0.39 is 5.60 Å². The fraction of sp³-hybridized carbons (Fsp3) is 0.304. The highest BCUT2D eigenvalue weighted by Crippen LogP contribution is 2.30. The highest BCUT2D eigenvalue weighted by atomic mass is 32.2. The van der Waals surface area contributed by atoms with Gasteiger partial charge in [-0.15, -0.1) is 0 Å². The molecule has 0 aliphatic carbocycles. The van der Waals surface area contributed by atoms with Crippen LogP contribution in [0.4, 0.5) is 9.93 Å². The van der Waals surface area contributed by atoms with Crippen molar-refractivity contribution in [2.45, 2.75) is 49.3 Å². The van der Waals surface area contributed by atoms with Crippen LogP contribution in [0.2, 0.25) is 0 Å². The number of aromatic nitrogens is 2. The number of nitrogens with one attached hydrogen (secondary N) is 1. The summed E-state index contributed by atoms with van der Waals surface area (Å²) in [5.41, 5.74) is 0.946. The molecule has 0 atom stereocenters. The van der Waals surface area contributed by atoms with Crippen molar-refractivity contribution in [3.63, 3.8) is 0 Å². The molecule has 0 unspecified atom stereocenters. The predicted octanol–water partition coefficient (Wildman–Crippen LogP) is 5.23. The van der Waals surface area contributed by atoms with Gasteiger partial charge in [-0.25, -0.2) is 14.8 Å². The van der Waals surface area contributed by atoms with Crippen LogP contribution < -0.4 is 5.32 Å². The molecule has 0 saturated carbocycles. The topological polar surface area (TPSA) is 84.4 Å². The normalized spacial score (nSPS) is 13.4. The summed E-state index contributed by atoms with van der Waals surface area (Å²) in [6, 6.07) is 13.1. The Kier molecular flexibility index (Phi) is 6.48. The minimum atomic E-state index is -0.532. The Morgan fingerprint density at radius 1 is 1.16 bits per heavy atom. The van der Waals surface area contributed by atoms with Gasteiger partial charge >= 0.3 is 6.09 Å². The molecule has 0 saturated heterocycles. The molecule has 0 bridgehead atoms. The number of pyridine rings is 1. The van der Waals surface area contributed by atoms with Gasteiger partial charge in [0, 0.05) is 34.5 Å². The van der Waals surface area contributed by atoms with Gasteiger partial charge in [0.25, 0.3) is 5.91 Å². The van der Waals surface area contributed by atoms with E-state index >= 15 is 0 Å². The van der Waals surface area contributed by atoms with Crippen molar-refractivity contribution in [3.8, 4) is 0 Å². The van der Waals surface area contributed by atoms with Crippen LogP contribution in [0.5, 0.6) is 0 Å². The zero-order valence-electron chi connectivity index (χ0n) is 18.1. The average molecular weight is 469 g/mol. The zero-order valence-corrected chi connectivity index (χ0v) is 19.8. The lowest BCUT2D eigenvalue weighted by molar-refractivity contribution is 0.0225. The van der Waals surface area contributed by atoms with E-state index in [4.69, 9.17) is 4.74 Å². The summed E-state index contributed by atoms with van der Waals surface area (Å²) in [5.74, 6) is -0.213. The van der Waals surface area contributed by atoms with Crippen LogP contribution >= 0.6 is 23.1 Å². The number of carbonyl (C=O) groups excluding carboxylic acids is 2. The van der Waals surface area contributed by atoms with E-state index in [0.29, 0.717) is 30.2 Å². The number of thiazole rings is 1. The molecule has 9 heteroatoms. The Balaban J connectivity index is 1.37. The Hall–Kier alpha value is -2.91. The molecule has 0 radical (unpaired) electrons. The lowest BCUT2D eigenvalue weighted by Gasteiger charge is -2.29. The molecule has 3 aromatic rings. The second-order valence-electron chi connectivity index (χ2n) is 8.29. The Labute approximate surface area is 195 Å². The molecule has 4 rings (SSSR count). The van der Waals surface area contributed by atoms with Gasteiger partial charge in [-0.05, 0) is 57.2 Å². The van der Waals surface area contributed by atoms with Crippen molar-refractivity contribution < 1.29 is 14.3 Å². The summed E-state index contributed by atoms with van der Waals surface area (Å²) < 4.78 is 5.46. The molecule has 1 aliphatic rings. The van der Waals surface area contributed by atoms with Gasteiger partial charge in [0.1, 0.15) is 10.6 Å². The molecular formula is C23H24N4O3S2. The van der Waals surface area contributed by atoms with Crippen LogP contribution in [0.25, 0.3) is 0 Å². The first kappa shape index (κ1) is 22.3. The number of amides is 2. The highest BCUT2D eigenvalue weighted by molar-refractivity contribution is 7.99. The van der Waals surface area contributed by atoms with Gasteiger partial charge < -0.3 is 9.64 Å². The minimum absolute atomic E-state index is 0.213. The van der Waals surface area contributed by atoms with Crippen LogP contribution in [-0.4, -0.2) is 39.0 Å². The first-order chi connectivity index (χ1) is 15.3.